The standard InChI is InChI=1S/C10H15N3O2/c1-8(4-3-6-11)10-12-9(13-15-10)5-7-14-2/h8H,3-5,7H2,1-2H3. The molecule has 0 bridgehead atoms. The normalized spacial score (nSPS) is 12.3. The summed E-state index contributed by atoms with van der Waals surface area (Å²) >= 11 is 0. The summed E-state index contributed by atoms with van der Waals surface area (Å²) < 4.78 is 10.0. The quantitative estimate of drug-likeness (QED) is 0.712. The summed E-state index contributed by atoms with van der Waals surface area (Å²) in [6.07, 6.45) is 1.92. The van der Waals surface area contributed by atoms with Gasteiger partial charge in [-0.2, -0.15) is 10.2 Å². The van der Waals surface area contributed by atoms with Crippen LogP contribution in [-0.2, 0) is 11.2 Å². The maximum atomic E-state index is 8.45. The van der Waals surface area contributed by atoms with Crippen molar-refractivity contribution in [2.24, 2.45) is 0 Å². The zero-order valence-corrected chi connectivity index (χ0v) is 9.06. The Kier molecular flexibility index (Phi) is 4.78. The number of methoxy groups -OCH3 is 1. The van der Waals surface area contributed by atoms with Crippen LogP contribution in [0.15, 0.2) is 4.52 Å². The second-order valence-electron chi connectivity index (χ2n) is 3.39. The van der Waals surface area contributed by atoms with E-state index in [0.717, 1.165) is 6.42 Å². The molecule has 5 nitrogen and oxygen atoms in total. The van der Waals surface area contributed by atoms with Crippen LogP contribution in [0.5, 0.6) is 0 Å². The van der Waals surface area contributed by atoms with Crippen molar-refractivity contribution in [3.05, 3.63) is 11.7 Å². The number of nitrogens with zero attached hydrogens (tertiary/aromatic N) is 3. The summed E-state index contributed by atoms with van der Waals surface area (Å²) in [5, 5.41) is 12.3. The second-order valence-corrected chi connectivity index (χ2v) is 3.39. The highest BCUT2D eigenvalue weighted by atomic mass is 16.5. The minimum Gasteiger partial charge on any atom is -0.384 e. The van der Waals surface area contributed by atoms with E-state index in [0.29, 0.717) is 31.2 Å². The number of ether oxygens (including phenoxy) is 1. The van der Waals surface area contributed by atoms with Crippen LogP contribution < -0.4 is 0 Å². The molecular formula is C10H15N3O2. The van der Waals surface area contributed by atoms with E-state index in [2.05, 4.69) is 16.2 Å². The van der Waals surface area contributed by atoms with Crippen LogP contribution in [0.2, 0.25) is 0 Å². The molecule has 0 radical (unpaired) electrons. The number of rotatable bonds is 6. The highest BCUT2D eigenvalue weighted by molar-refractivity contribution is 4.93. The van der Waals surface area contributed by atoms with Crippen LogP contribution >= 0.6 is 0 Å². The van der Waals surface area contributed by atoms with E-state index < -0.39 is 0 Å². The van der Waals surface area contributed by atoms with Crippen LogP contribution in [0, 0.1) is 11.3 Å². The molecule has 0 aliphatic rings. The summed E-state index contributed by atoms with van der Waals surface area (Å²) in [5.74, 6) is 1.42. The number of nitriles is 1. The number of aromatic nitrogens is 2. The van der Waals surface area contributed by atoms with Gasteiger partial charge >= 0.3 is 0 Å². The molecule has 0 fully saturated rings. The lowest BCUT2D eigenvalue weighted by molar-refractivity contribution is 0.199. The molecule has 0 amide bonds. The Morgan fingerprint density at radius 3 is 3.07 bits per heavy atom. The number of hydrogen-bond acceptors (Lipinski definition) is 5. The molecule has 0 aromatic carbocycles. The Hall–Kier alpha value is -1.41. The van der Waals surface area contributed by atoms with Crippen LogP contribution in [0.4, 0.5) is 0 Å². The van der Waals surface area contributed by atoms with Crippen molar-refractivity contribution < 1.29 is 9.26 Å². The summed E-state index contributed by atoms with van der Waals surface area (Å²) in [7, 11) is 1.64. The van der Waals surface area contributed by atoms with Crippen molar-refractivity contribution >= 4 is 0 Å². The fraction of sp³-hybridized carbons (Fsp3) is 0.700. The molecule has 1 rings (SSSR count). The fourth-order valence-electron chi connectivity index (χ4n) is 1.17. The molecule has 0 N–H and O–H groups in total. The van der Waals surface area contributed by atoms with Gasteiger partial charge in [0.05, 0.1) is 12.7 Å². The molecule has 82 valence electrons. The predicted octanol–water partition coefficient (Wildman–Crippen LogP) is 1.67. The lowest BCUT2D eigenvalue weighted by atomic mass is 10.1. The van der Waals surface area contributed by atoms with Crippen molar-refractivity contribution in [1.29, 1.82) is 5.26 Å². The highest BCUT2D eigenvalue weighted by Gasteiger charge is 2.13. The van der Waals surface area contributed by atoms with E-state index in [4.69, 9.17) is 14.5 Å². The van der Waals surface area contributed by atoms with Crippen LogP contribution in [0.25, 0.3) is 0 Å². The fourth-order valence-corrected chi connectivity index (χ4v) is 1.17. The summed E-state index contributed by atoms with van der Waals surface area (Å²) in [6.45, 7) is 2.57. The Morgan fingerprint density at radius 1 is 1.60 bits per heavy atom. The molecular weight excluding hydrogens is 194 g/mol. The molecule has 1 heterocycles. The van der Waals surface area contributed by atoms with Gasteiger partial charge in [0.15, 0.2) is 5.82 Å². The average Bonchev–Trinajstić information content (AvgIpc) is 2.71. The third-order valence-electron chi connectivity index (χ3n) is 2.12. The molecule has 0 saturated carbocycles. The van der Waals surface area contributed by atoms with Crippen LogP contribution in [0.1, 0.15) is 37.4 Å². The monoisotopic (exact) mass is 209 g/mol. The topological polar surface area (TPSA) is 71.9 Å². The van der Waals surface area contributed by atoms with Crippen molar-refractivity contribution in [3.63, 3.8) is 0 Å². The highest BCUT2D eigenvalue weighted by Crippen LogP contribution is 2.18. The molecule has 1 aromatic heterocycles. The SMILES string of the molecule is COCCc1noc(C(C)CCC#N)n1. The van der Waals surface area contributed by atoms with E-state index >= 15 is 0 Å². The molecule has 0 saturated heterocycles. The van der Waals surface area contributed by atoms with E-state index in [1.165, 1.54) is 0 Å². The van der Waals surface area contributed by atoms with E-state index in [-0.39, 0.29) is 5.92 Å². The zero-order chi connectivity index (χ0) is 11.1. The largest absolute Gasteiger partial charge is 0.384 e. The van der Waals surface area contributed by atoms with Gasteiger partial charge in [0.25, 0.3) is 0 Å². The first kappa shape index (κ1) is 11.7. The summed E-state index contributed by atoms with van der Waals surface area (Å²) in [5.41, 5.74) is 0. The third-order valence-corrected chi connectivity index (χ3v) is 2.12. The van der Waals surface area contributed by atoms with Gasteiger partial charge in [0, 0.05) is 25.9 Å². The first-order chi connectivity index (χ1) is 7.27. The minimum absolute atomic E-state index is 0.147. The van der Waals surface area contributed by atoms with Gasteiger partial charge in [-0.05, 0) is 6.42 Å². The zero-order valence-electron chi connectivity index (χ0n) is 9.06. The maximum absolute atomic E-state index is 8.45. The molecule has 15 heavy (non-hydrogen) atoms. The van der Waals surface area contributed by atoms with Crippen molar-refractivity contribution in [2.75, 3.05) is 13.7 Å². The molecule has 1 aromatic rings. The van der Waals surface area contributed by atoms with Gasteiger partial charge < -0.3 is 9.26 Å². The smallest absolute Gasteiger partial charge is 0.229 e. The van der Waals surface area contributed by atoms with Crippen molar-refractivity contribution in [1.82, 2.24) is 10.1 Å². The molecule has 5 heteroatoms. The Bertz CT molecular complexity index is 330. The third kappa shape index (κ3) is 3.68. The van der Waals surface area contributed by atoms with Crippen molar-refractivity contribution in [3.8, 4) is 6.07 Å². The average molecular weight is 209 g/mol. The van der Waals surface area contributed by atoms with Crippen LogP contribution in [-0.4, -0.2) is 23.9 Å². The molecule has 1 atom stereocenters. The minimum atomic E-state index is 0.147. The van der Waals surface area contributed by atoms with Gasteiger partial charge in [0.2, 0.25) is 5.89 Å². The predicted molar refractivity (Wildman–Crippen MR) is 53.1 cm³/mol. The first-order valence-corrected chi connectivity index (χ1v) is 4.96. The Labute approximate surface area is 89.0 Å². The van der Waals surface area contributed by atoms with Gasteiger partial charge in [-0.15, -0.1) is 0 Å². The van der Waals surface area contributed by atoms with Gasteiger partial charge in [0.1, 0.15) is 0 Å². The lowest BCUT2D eigenvalue weighted by Gasteiger charge is -2.00. The Morgan fingerprint density at radius 2 is 2.40 bits per heavy atom. The van der Waals surface area contributed by atoms with Gasteiger partial charge in [-0.3, -0.25) is 0 Å². The molecule has 1 unspecified atom stereocenters. The molecule has 0 aliphatic carbocycles. The number of hydrogen-bond donors (Lipinski definition) is 0. The maximum Gasteiger partial charge on any atom is 0.229 e. The van der Waals surface area contributed by atoms with Gasteiger partial charge in [-0.1, -0.05) is 12.1 Å². The van der Waals surface area contributed by atoms with Gasteiger partial charge in [-0.25, -0.2) is 0 Å². The molecule has 0 aliphatic heterocycles. The summed E-state index contributed by atoms with van der Waals surface area (Å²) in [6, 6.07) is 2.10. The van der Waals surface area contributed by atoms with E-state index in [9.17, 15) is 0 Å². The van der Waals surface area contributed by atoms with E-state index in [1.807, 2.05) is 6.92 Å². The van der Waals surface area contributed by atoms with Crippen molar-refractivity contribution in [2.45, 2.75) is 32.1 Å². The molecule has 0 spiro atoms. The van der Waals surface area contributed by atoms with Crippen LogP contribution in [0.3, 0.4) is 0 Å². The first-order valence-electron chi connectivity index (χ1n) is 4.96. The second kappa shape index (κ2) is 6.14. The lowest BCUT2D eigenvalue weighted by Crippen LogP contribution is -1.98. The Balaban J connectivity index is 2.48. The summed E-state index contributed by atoms with van der Waals surface area (Å²) in [4.78, 5) is 4.23. The van der Waals surface area contributed by atoms with E-state index in [1.54, 1.807) is 7.11 Å².